The molecule has 17 heavy (non-hydrogen) atoms. The summed E-state index contributed by atoms with van der Waals surface area (Å²) in [6.45, 7) is 0.0186. The van der Waals surface area contributed by atoms with Crippen LogP contribution in [0.3, 0.4) is 0 Å². The third-order valence-electron chi connectivity index (χ3n) is 2.41. The second kappa shape index (κ2) is 4.25. The number of likely N-dealkylation sites (N-methyl/N-ethyl adjacent to an activating group) is 1. The summed E-state index contributed by atoms with van der Waals surface area (Å²) in [5.41, 5.74) is 6.17. The molecule has 0 saturated carbocycles. The minimum atomic E-state index is -0.471. The number of primary amides is 1. The van der Waals surface area contributed by atoms with Crippen LogP contribution < -0.4 is 10.6 Å². The molecule has 0 saturated heterocycles. The van der Waals surface area contributed by atoms with Crippen LogP contribution in [0.1, 0.15) is 10.5 Å². The van der Waals surface area contributed by atoms with Gasteiger partial charge in [-0.25, -0.2) is 4.98 Å². The van der Waals surface area contributed by atoms with Gasteiger partial charge < -0.3 is 10.6 Å². The van der Waals surface area contributed by atoms with Crippen LogP contribution in [0, 0.1) is 0 Å². The Kier molecular flexibility index (Phi) is 2.78. The molecule has 0 aliphatic heterocycles. The van der Waals surface area contributed by atoms with E-state index in [2.05, 4.69) is 4.98 Å². The van der Waals surface area contributed by atoms with E-state index in [1.807, 2.05) is 6.07 Å². The zero-order valence-electron chi connectivity index (χ0n) is 9.33. The Labute approximate surface area is 97.7 Å². The number of carbonyl (C=O) groups is 2. The summed E-state index contributed by atoms with van der Waals surface area (Å²) in [5, 5.41) is 0. The van der Waals surface area contributed by atoms with Crippen LogP contribution in [0.15, 0.2) is 24.4 Å². The van der Waals surface area contributed by atoms with E-state index in [9.17, 15) is 9.59 Å². The Bertz CT molecular complexity index is 576. The van der Waals surface area contributed by atoms with Crippen LogP contribution >= 0.6 is 0 Å². The van der Waals surface area contributed by atoms with Crippen LogP contribution in [0.5, 0.6) is 0 Å². The van der Waals surface area contributed by atoms with Crippen molar-refractivity contribution >= 4 is 23.7 Å². The normalized spacial score (nSPS) is 10.4. The van der Waals surface area contributed by atoms with E-state index in [1.54, 1.807) is 34.7 Å². The fourth-order valence-electron chi connectivity index (χ4n) is 1.70. The van der Waals surface area contributed by atoms with Gasteiger partial charge in [0.05, 0.1) is 6.54 Å². The Morgan fingerprint density at radius 2 is 2.35 bits per heavy atom. The minimum absolute atomic E-state index is 0.0186. The predicted octanol–water partition coefficient (Wildman–Crippen LogP) is 0.0683. The Hall–Kier alpha value is -2.37. The lowest BCUT2D eigenvalue weighted by Crippen LogP contribution is -2.31. The number of hydrogen-bond acceptors (Lipinski definition) is 4. The molecule has 2 rings (SSSR count). The number of aldehydes is 1. The number of nitrogens with zero attached hydrogens (tertiary/aromatic N) is 3. The molecule has 2 heterocycles. The highest BCUT2D eigenvalue weighted by Crippen LogP contribution is 2.18. The van der Waals surface area contributed by atoms with Gasteiger partial charge in [-0.05, 0) is 12.1 Å². The summed E-state index contributed by atoms with van der Waals surface area (Å²) in [7, 11) is 1.67. The maximum atomic E-state index is 11.1. The van der Waals surface area contributed by atoms with Gasteiger partial charge in [0.2, 0.25) is 5.91 Å². The molecule has 2 aromatic rings. The fraction of sp³-hybridized carbons (Fsp3) is 0.182. The van der Waals surface area contributed by atoms with Gasteiger partial charge in [-0.15, -0.1) is 0 Å². The van der Waals surface area contributed by atoms with E-state index in [0.717, 1.165) is 0 Å². The summed E-state index contributed by atoms with van der Waals surface area (Å²) < 4.78 is 1.67. The number of nitrogens with two attached hydrogens (primary N) is 1. The molecule has 0 aliphatic rings. The first-order valence-corrected chi connectivity index (χ1v) is 5.05. The number of imidazole rings is 1. The average molecular weight is 232 g/mol. The third kappa shape index (κ3) is 1.96. The van der Waals surface area contributed by atoms with Gasteiger partial charge in [-0.3, -0.25) is 14.0 Å². The number of amides is 1. The lowest BCUT2D eigenvalue weighted by Gasteiger charge is -2.14. The largest absolute Gasteiger partial charge is 0.368 e. The first kappa shape index (κ1) is 11.1. The van der Waals surface area contributed by atoms with Crippen LogP contribution in [0.2, 0.25) is 0 Å². The highest BCUT2D eigenvalue weighted by atomic mass is 16.1. The topological polar surface area (TPSA) is 80.7 Å². The van der Waals surface area contributed by atoms with Crippen molar-refractivity contribution in [3.8, 4) is 0 Å². The quantitative estimate of drug-likeness (QED) is 0.756. The number of anilines is 1. The molecule has 0 aliphatic carbocycles. The lowest BCUT2D eigenvalue weighted by molar-refractivity contribution is -0.116. The van der Waals surface area contributed by atoms with Gasteiger partial charge in [0.25, 0.3) is 0 Å². The number of carbonyl (C=O) groups excluding carboxylic acids is 2. The molecule has 2 aromatic heterocycles. The predicted molar refractivity (Wildman–Crippen MR) is 63.0 cm³/mol. The summed E-state index contributed by atoms with van der Waals surface area (Å²) in [6, 6.07) is 5.42. The Balaban J connectivity index is 2.53. The van der Waals surface area contributed by atoms with Crippen molar-refractivity contribution in [1.82, 2.24) is 9.38 Å². The number of hydrogen-bond donors (Lipinski definition) is 1. The van der Waals surface area contributed by atoms with Crippen molar-refractivity contribution in [2.45, 2.75) is 0 Å². The zero-order valence-corrected chi connectivity index (χ0v) is 9.33. The van der Waals surface area contributed by atoms with E-state index >= 15 is 0 Å². The molecule has 6 heteroatoms. The van der Waals surface area contributed by atoms with E-state index in [-0.39, 0.29) is 6.54 Å². The van der Waals surface area contributed by atoms with Crippen LogP contribution in [-0.4, -0.2) is 35.2 Å². The van der Waals surface area contributed by atoms with Crippen molar-refractivity contribution in [2.24, 2.45) is 5.73 Å². The Morgan fingerprint density at radius 1 is 1.59 bits per heavy atom. The lowest BCUT2D eigenvalue weighted by atomic mass is 10.4. The molecule has 0 atom stereocenters. The third-order valence-corrected chi connectivity index (χ3v) is 2.41. The molecule has 0 spiro atoms. The van der Waals surface area contributed by atoms with Crippen LogP contribution in [0.4, 0.5) is 5.82 Å². The van der Waals surface area contributed by atoms with Gasteiger partial charge in [0, 0.05) is 13.2 Å². The highest BCUT2D eigenvalue weighted by Gasteiger charge is 2.15. The van der Waals surface area contributed by atoms with E-state index in [1.165, 1.54) is 0 Å². The standard InChI is InChI=1S/C11H12N4O2/c1-14(6-9(12)17)11-8(7-16)15-5-3-2-4-10(15)13-11/h2-5,7H,6H2,1H3,(H2,12,17). The highest BCUT2D eigenvalue weighted by molar-refractivity contribution is 5.86. The first-order chi connectivity index (χ1) is 8.13. The van der Waals surface area contributed by atoms with E-state index in [4.69, 9.17) is 5.73 Å². The van der Waals surface area contributed by atoms with Crippen LogP contribution in [-0.2, 0) is 4.79 Å². The van der Waals surface area contributed by atoms with Crippen LogP contribution in [0.25, 0.3) is 5.65 Å². The van der Waals surface area contributed by atoms with Gasteiger partial charge in [0.1, 0.15) is 11.3 Å². The maximum Gasteiger partial charge on any atom is 0.236 e. The van der Waals surface area contributed by atoms with Gasteiger partial charge >= 0.3 is 0 Å². The number of fused-ring (bicyclic) bond motifs is 1. The van der Waals surface area contributed by atoms with Gasteiger partial charge in [-0.2, -0.15) is 0 Å². The molecule has 6 nitrogen and oxygen atoms in total. The summed E-state index contributed by atoms with van der Waals surface area (Å²) in [5.74, 6) is -0.0218. The van der Waals surface area contributed by atoms with Gasteiger partial charge in [-0.1, -0.05) is 6.07 Å². The number of rotatable bonds is 4. The number of pyridine rings is 1. The molecular weight excluding hydrogens is 220 g/mol. The molecule has 0 fully saturated rings. The molecule has 2 N–H and O–H groups in total. The number of aromatic nitrogens is 2. The second-order valence-electron chi connectivity index (χ2n) is 3.69. The van der Waals surface area contributed by atoms with E-state index in [0.29, 0.717) is 23.4 Å². The summed E-state index contributed by atoms with van der Waals surface area (Å²) in [6.07, 6.45) is 2.46. The molecule has 0 unspecified atom stereocenters. The van der Waals surface area contributed by atoms with Gasteiger partial charge in [0.15, 0.2) is 12.1 Å². The van der Waals surface area contributed by atoms with E-state index < -0.39 is 5.91 Å². The summed E-state index contributed by atoms with van der Waals surface area (Å²) in [4.78, 5) is 27.8. The van der Waals surface area contributed by atoms with Crippen molar-refractivity contribution < 1.29 is 9.59 Å². The molecule has 88 valence electrons. The van der Waals surface area contributed by atoms with Crippen molar-refractivity contribution in [1.29, 1.82) is 0 Å². The SMILES string of the molecule is CN(CC(N)=O)c1nc2ccccn2c1C=O. The smallest absolute Gasteiger partial charge is 0.236 e. The molecule has 1 amide bonds. The van der Waals surface area contributed by atoms with Crippen molar-refractivity contribution in [2.75, 3.05) is 18.5 Å². The van der Waals surface area contributed by atoms with Crippen molar-refractivity contribution in [3.05, 3.63) is 30.1 Å². The Morgan fingerprint density at radius 3 is 3.00 bits per heavy atom. The second-order valence-corrected chi connectivity index (χ2v) is 3.69. The monoisotopic (exact) mass is 232 g/mol. The maximum absolute atomic E-state index is 11.1. The fourth-order valence-corrected chi connectivity index (χ4v) is 1.70. The zero-order chi connectivity index (χ0) is 12.4. The van der Waals surface area contributed by atoms with Crippen molar-refractivity contribution in [3.63, 3.8) is 0 Å². The molecule has 0 bridgehead atoms. The summed E-state index contributed by atoms with van der Waals surface area (Å²) >= 11 is 0. The minimum Gasteiger partial charge on any atom is -0.368 e. The molecular formula is C11H12N4O2. The molecule has 0 aromatic carbocycles. The average Bonchev–Trinajstić information content (AvgIpc) is 2.66. The molecule has 0 radical (unpaired) electrons. The first-order valence-electron chi connectivity index (χ1n) is 5.05.